The van der Waals surface area contributed by atoms with E-state index in [4.69, 9.17) is 24.7 Å². The average Bonchev–Trinajstić information content (AvgIpc) is 4.56. The maximum Gasteiger partial charge on any atom is 0.249 e. The number of ketones is 1. The van der Waals surface area contributed by atoms with Crippen LogP contribution in [0.4, 0.5) is 5.69 Å². The third-order valence-electron chi connectivity index (χ3n) is 9.72. The SMILES string of the molecule is C.CC.CC.CC.CC.CC.CC.CC.CC.CC.CC.CC.CC.CC.CC.Nc1ccc(C2(c3ccccc3)OCCO2)cc1C(=O)c1ccccc1.O=c1cc(-c2ccccc2)c2cc(C3(c4ccccc4)OCCO3)ccc2[nH]1. The summed E-state index contributed by atoms with van der Waals surface area (Å²) in [4.78, 5) is 28.0. The number of hydrogen-bond donors (Lipinski definition) is 2. The molecule has 2 fully saturated rings. The van der Waals surface area contributed by atoms with Crippen LogP contribution in [0.25, 0.3) is 22.0 Å². The van der Waals surface area contributed by atoms with Gasteiger partial charge in [0.15, 0.2) is 5.78 Å². The molecule has 0 unspecified atom stereocenters. The molecule has 2 saturated heterocycles. The predicted molar refractivity (Wildman–Crippen MR) is 375 cm³/mol. The maximum atomic E-state index is 12.9. The Morgan fingerprint density at radius 1 is 0.386 bits per heavy atom. The normalized spacial score (nSPS) is 11.2. The summed E-state index contributed by atoms with van der Waals surface area (Å²) in [6.45, 7) is 58.0. The highest BCUT2D eigenvalue weighted by atomic mass is 16.7. The highest BCUT2D eigenvalue weighted by Crippen LogP contribution is 2.41. The van der Waals surface area contributed by atoms with E-state index < -0.39 is 11.6 Å². The van der Waals surface area contributed by atoms with Crippen LogP contribution in [0, 0.1) is 0 Å². The van der Waals surface area contributed by atoms with Gasteiger partial charge in [0.2, 0.25) is 17.1 Å². The number of nitrogens with two attached hydrogens (primary N) is 1. The number of carbonyl (C=O) groups excluding carboxylic acids is 1. The molecule has 1 aromatic heterocycles. The van der Waals surface area contributed by atoms with Crippen molar-refractivity contribution in [3.05, 3.63) is 208 Å². The van der Waals surface area contributed by atoms with E-state index in [9.17, 15) is 9.59 Å². The number of aromatic nitrogens is 1. The number of H-pyrrole nitrogens is 1. The zero-order chi connectivity index (χ0) is 65.0. The van der Waals surface area contributed by atoms with Gasteiger partial charge < -0.3 is 29.7 Å². The number of pyridine rings is 1. The molecule has 0 bridgehead atoms. The zero-order valence-electron chi connectivity index (χ0n) is 57.4. The quantitative estimate of drug-likeness (QED) is 0.121. The first-order valence-electron chi connectivity index (χ1n) is 31.9. The van der Waals surface area contributed by atoms with Crippen LogP contribution in [0.2, 0.25) is 0 Å². The number of nitrogen functional groups attached to an aromatic ring is 1. The van der Waals surface area contributed by atoms with Crippen LogP contribution < -0.4 is 11.3 Å². The Kier molecular flexibility index (Phi) is 73.0. The van der Waals surface area contributed by atoms with Crippen molar-refractivity contribution < 1.29 is 23.7 Å². The number of aromatic amines is 1. The molecular formula is C75H126N2O6. The molecule has 0 aliphatic carbocycles. The first-order valence-corrected chi connectivity index (χ1v) is 31.9. The zero-order valence-corrected chi connectivity index (χ0v) is 57.4. The van der Waals surface area contributed by atoms with Gasteiger partial charge in [0.25, 0.3) is 0 Å². The van der Waals surface area contributed by atoms with Gasteiger partial charge in [-0.1, -0.05) is 335 Å². The second-order valence-electron chi connectivity index (χ2n) is 13.0. The minimum absolute atomic E-state index is 0. The van der Waals surface area contributed by atoms with Gasteiger partial charge in [0.1, 0.15) is 0 Å². The lowest BCUT2D eigenvalue weighted by Gasteiger charge is -2.29. The second-order valence-corrected chi connectivity index (χ2v) is 13.0. The summed E-state index contributed by atoms with van der Waals surface area (Å²) in [7, 11) is 0. The molecule has 9 rings (SSSR count). The van der Waals surface area contributed by atoms with Crippen LogP contribution >= 0.6 is 0 Å². The molecular weight excluding hydrogens is 1020 g/mol. The molecule has 8 heteroatoms. The van der Waals surface area contributed by atoms with E-state index in [0.29, 0.717) is 43.2 Å². The van der Waals surface area contributed by atoms with Crippen molar-refractivity contribution in [3.63, 3.8) is 0 Å². The lowest BCUT2D eigenvalue weighted by atomic mass is 9.92. The molecule has 83 heavy (non-hydrogen) atoms. The van der Waals surface area contributed by atoms with E-state index in [-0.39, 0.29) is 18.8 Å². The molecule has 0 saturated carbocycles. The Morgan fingerprint density at radius 2 is 0.699 bits per heavy atom. The molecule has 472 valence electrons. The van der Waals surface area contributed by atoms with Crippen molar-refractivity contribution in [2.24, 2.45) is 0 Å². The minimum atomic E-state index is -1.01. The van der Waals surface area contributed by atoms with Crippen molar-refractivity contribution in [3.8, 4) is 11.1 Å². The molecule has 0 spiro atoms. The molecule has 3 N–H and O–H groups in total. The predicted octanol–water partition coefficient (Wildman–Crippen LogP) is 23.2. The molecule has 2 aliphatic rings. The number of fused-ring (bicyclic) bond motifs is 1. The third-order valence-corrected chi connectivity index (χ3v) is 9.72. The van der Waals surface area contributed by atoms with E-state index in [1.54, 1.807) is 30.3 Å². The van der Waals surface area contributed by atoms with Gasteiger partial charge in [0, 0.05) is 56.0 Å². The van der Waals surface area contributed by atoms with Gasteiger partial charge in [-0.2, -0.15) is 0 Å². The highest BCUT2D eigenvalue weighted by molar-refractivity contribution is 6.12. The fourth-order valence-corrected chi connectivity index (χ4v) is 7.16. The van der Waals surface area contributed by atoms with Gasteiger partial charge >= 0.3 is 0 Å². The van der Waals surface area contributed by atoms with E-state index in [1.807, 2.05) is 321 Å². The monoisotopic (exact) mass is 1150 g/mol. The molecule has 0 amide bonds. The minimum Gasteiger partial charge on any atom is -0.398 e. The van der Waals surface area contributed by atoms with Gasteiger partial charge in [-0.3, -0.25) is 9.59 Å². The van der Waals surface area contributed by atoms with Crippen LogP contribution in [-0.2, 0) is 30.5 Å². The Bertz CT molecular complexity index is 2440. The van der Waals surface area contributed by atoms with Crippen molar-refractivity contribution >= 4 is 22.4 Å². The standard InChI is InChI=1S/C24H19NO3.C22H19NO3.14C2H6.CH4/c26-23-16-20(17-7-3-1-4-8-17)21-15-19(11-12-22(21)25-23)24(27-13-14-28-24)18-9-5-2-6-10-18;23-20-12-11-18(15-19(20)21(24)16-7-3-1-4-8-16)22(25-13-14-26-22)17-9-5-2-6-10-17;14*1-2;/h1-12,15-16H,13-14H2,(H,25,26);1-12,15H,13-14,23H2;14*1-2H3;1H4. The largest absolute Gasteiger partial charge is 0.398 e. The van der Waals surface area contributed by atoms with E-state index in [0.717, 1.165) is 44.3 Å². The highest BCUT2D eigenvalue weighted by Gasteiger charge is 2.42. The molecule has 8 nitrogen and oxygen atoms in total. The topological polar surface area (TPSA) is 113 Å². The first-order chi connectivity index (χ1) is 40.5. The van der Waals surface area contributed by atoms with E-state index in [2.05, 4.69) is 11.1 Å². The summed E-state index contributed by atoms with van der Waals surface area (Å²) in [5.74, 6) is -2.06. The molecule has 6 aromatic carbocycles. The van der Waals surface area contributed by atoms with Crippen LogP contribution in [0.3, 0.4) is 0 Å². The first kappa shape index (κ1) is 93.3. The van der Waals surface area contributed by atoms with Crippen LogP contribution in [-0.4, -0.2) is 37.2 Å². The van der Waals surface area contributed by atoms with Crippen LogP contribution in [0.5, 0.6) is 0 Å². The number of carbonyl (C=O) groups is 1. The van der Waals surface area contributed by atoms with E-state index >= 15 is 0 Å². The van der Waals surface area contributed by atoms with Crippen LogP contribution in [0.15, 0.2) is 169 Å². The molecule has 0 atom stereocenters. The lowest BCUT2D eigenvalue weighted by Crippen LogP contribution is -2.29. The van der Waals surface area contributed by atoms with Crippen molar-refractivity contribution in [1.29, 1.82) is 0 Å². The summed E-state index contributed by atoms with van der Waals surface area (Å²) >= 11 is 0. The van der Waals surface area contributed by atoms with Gasteiger partial charge in [0.05, 0.1) is 26.4 Å². The Hall–Kier alpha value is -6.16. The number of anilines is 1. The van der Waals surface area contributed by atoms with Gasteiger partial charge in [-0.05, 0) is 35.4 Å². The Labute approximate surface area is 512 Å². The van der Waals surface area contributed by atoms with Crippen LogP contribution in [0.1, 0.15) is 239 Å². The molecule has 7 aromatic rings. The summed E-state index contributed by atoms with van der Waals surface area (Å²) in [5.41, 5.74) is 13.7. The Balaban J connectivity index is -0.000000158. The Morgan fingerprint density at radius 3 is 1.06 bits per heavy atom. The van der Waals surface area contributed by atoms with Gasteiger partial charge in [-0.15, -0.1) is 0 Å². The fourth-order valence-electron chi connectivity index (χ4n) is 7.16. The average molecular weight is 1150 g/mol. The number of benzene rings is 6. The summed E-state index contributed by atoms with van der Waals surface area (Å²) in [6.07, 6.45) is 0. The number of hydrogen-bond acceptors (Lipinski definition) is 7. The third kappa shape index (κ3) is 29.8. The van der Waals surface area contributed by atoms with Crippen molar-refractivity contribution in [2.75, 3.05) is 32.2 Å². The number of ether oxygens (including phenoxy) is 4. The molecule has 3 heterocycles. The van der Waals surface area contributed by atoms with E-state index in [1.165, 1.54) is 0 Å². The fraction of sp³-hybridized carbons (Fsp3) is 0.467. The van der Waals surface area contributed by atoms with Crippen molar-refractivity contribution in [1.82, 2.24) is 4.98 Å². The van der Waals surface area contributed by atoms with Gasteiger partial charge in [-0.25, -0.2) is 0 Å². The summed E-state index contributed by atoms with van der Waals surface area (Å²) < 4.78 is 24.3. The maximum absolute atomic E-state index is 12.9. The van der Waals surface area contributed by atoms with Crippen molar-refractivity contribution in [2.45, 2.75) is 213 Å². The molecule has 0 radical (unpaired) electrons. The summed E-state index contributed by atoms with van der Waals surface area (Å²) in [5, 5.41) is 0.956. The second kappa shape index (κ2) is 65.0. The smallest absolute Gasteiger partial charge is 0.249 e. The summed E-state index contributed by atoms with van der Waals surface area (Å²) in [6, 6.07) is 51.7. The number of rotatable bonds is 7. The lowest BCUT2D eigenvalue weighted by molar-refractivity contribution is -0.130. The number of nitrogens with one attached hydrogen (secondary N) is 1. The molecule has 2 aliphatic heterocycles.